The molecule has 0 saturated heterocycles. The van der Waals surface area contributed by atoms with E-state index >= 15 is 0 Å². The summed E-state index contributed by atoms with van der Waals surface area (Å²) in [4.78, 5) is 48.3. The molecule has 0 aliphatic heterocycles. The van der Waals surface area contributed by atoms with Crippen molar-refractivity contribution in [2.75, 3.05) is 26.4 Å². The first kappa shape index (κ1) is 65.2. The quantitative estimate of drug-likeness (QED) is 0.0197. The van der Waals surface area contributed by atoms with Gasteiger partial charge in [0.15, 0.2) is 6.10 Å². The first-order valence-electron chi connectivity index (χ1n) is 27.2. The maximum Gasteiger partial charge on any atom is 0.472 e. The van der Waals surface area contributed by atoms with E-state index in [2.05, 4.69) is 81.5 Å². The Bertz CT molecular complexity index is 1370. The third-order valence-corrected chi connectivity index (χ3v) is 12.3. The number of phosphoric ester groups is 1. The third-order valence-electron chi connectivity index (χ3n) is 11.4. The summed E-state index contributed by atoms with van der Waals surface area (Å²) in [5.74, 6) is -1.50. The summed E-state index contributed by atoms with van der Waals surface area (Å²) in [7, 11) is -4.75. The zero-order valence-corrected chi connectivity index (χ0v) is 44.2. The van der Waals surface area contributed by atoms with Crippen molar-refractivity contribution < 1.29 is 52.2 Å². The molecular weight excluding hydrogens is 880 g/mol. The van der Waals surface area contributed by atoms with E-state index in [-0.39, 0.29) is 25.9 Å². The molecular formula is C56H99O11P. The maximum absolute atomic E-state index is 12.9. The minimum Gasteiger partial charge on any atom is -0.462 e. The van der Waals surface area contributed by atoms with Gasteiger partial charge in [-0.3, -0.25) is 23.4 Å². The Balaban J connectivity index is 4.75. The molecule has 3 atom stereocenters. The number of esters is 3. The van der Waals surface area contributed by atoms with Gasteiger partial charge in [0.1, 0.15) is 12.7 Å². The average molecular weight is 979 g/mol. The van der Waals surface area contributed by atoms with Crippen LogP contribution in [0.3, 0.4) is 0 Å². The molecule has 12 heteroatoms. The van der Waals surface area contributed by atoms with Crippen molar-refractivity contribution in [3.63, 3.8) is 0 Å². The Morgan fingerprint density at radius 1 is 0.412 bits per heavy atom. The fourth-order valence-corrected chi connectivity index (χ4v) is 7.95. The molecule has 0 aliphatic carbocycles. The van der Waals surface area contributed by atoms with Crippen LogP contribution in [-0.2, 0) is 42.2 Å². The lowest BCUT2D eigenvalue weighted by atomic mass is 10.1. The Morgan fingerprint density at radius 2 is 0.765 bits per heavy atom. The van der Waals surface area contributed by atoms with Gasteiger partial charge in [0.2, 0.25) is 0 Å². The van der Waals surface area contributed by atoms with Crippen LogP contribution >= 0.6 is 7.82 Å². The van der Waals surface area contributed by atoms with Crippen LogP contribution in [0.25, 0.3) is 0 Å². The van der Waals surface area contributed by atoms with E-state index in [4.69, 9.17) is 23.3 Å². The van der Waals surface area contributed by atoms with Gasteiger partial charge in [-0.05, 0) is 96.3 Å². The number of phosphoric acid groups is 1. The lowest BCUT2D eigenvalue weighted by Gasteiger charge is -2.21. The molecule has 0 rings (SSSR count). The molecule has 0 fully saturated rings. The van der Waals surface area contributed by atoms with Gasteiger partial charge in [-0.1, -0.05) is 184 Å². The lowest BCUT2D eigenvalue weighted by Crippen LogP contribution is -2.30. The SMILES string of the molecule is CCC/C=C\C/C=C\CCCCCCCC(=O)OC(COC(=O)CCCCCCCCC/C=C\C/C=C\CCCCC)COP(=O)(O)OCC(CO)OC(=O)CCCCCCC/C=C\CCCC. The molecule has 3 unspecified atom stereocenters. The van der Waals surface area contributed by atoms with Crippen molar-refractivity contribution >= 4 is 25.7 Å². The van der Waals surface area contributed by atoms with Crippen LogP contribution in [0.1, 0.15) is 239 Å². The van der Waals surface area contributed by atoms with Crippen molar-refractivity contribution in [1.82, 2.24) is 0 Å². The first-order valence-corrected chi connectivity index (χ1v) is 28.7. The molecule has 2 N–H and O–H groups in total. The molecule has 0 bridgehead atoms. The highest BCUT2D eigenvalue weighted by Crippen LogP contribution is 2.43. The van der Waals surface area contributed by atoms with Gasteiger partial charge in [-0.15, -0.1) is 0 Å². The number of hydrogen-bond donors (Lipinski definition) is 2. The van der Waals surface area contributed by atoms with Crippen LogP contribution in [0, 0.1) is 0 Å². The third kappa shape index (κ3) is 48.2. The lowest BCUT2D eigenvalue weighted by molar-refractivity contribution is -0.161. The molecule has 0 aromatic heterocycles. The summed E-state index contributed by atoms with van der Waals surface area (Å²) in [5.41, 5.74) is 0. The Labute approximate surface area is 415 Å². The summed E-state index contributed by atoms with van der Waals surface area (Å²) in [6.45, 7) is 4.48. The molecule has 0 heterocycles. The van der Waals surface area contributed by atoms with Crippen LogP contribution < -0.4 is 0 Å². The van der Waals surface area contributed by atoms with Gasteiger partial charge in [0.05, 0.1) is 19.8 Å². The minimum atomic E-state index is -4.75. The summed E-state index contributed by atoms with van der Waals surface area (Å²) in [6, 6.07) is 0. The van der Waals surface area contributed by atoms with Crippen LogP contribution in [0.5, 0.6) is 0 Å². The number of unbranched alkanes of at least 4 members (excludes halogenated alkanes) is 23. The smallest absolute Gasteiger partial charge is 0.462 e. The normalized spacial score (nSPS) is 13.9. The highest BCUT2D eigenvalue weighted by atomic mass is 31.2. The molecule has 68 heavy (non-hydrogen) atoms. The molecule has 11 nitrogen and oxygen atoms in total. The number of hydrogen-bond acceptors (Lipinski definition) is 10. The number of ether oxygens (including phenoxy) is 3. The molecule has 0 spiro atoms. The van der Waals surface area contributed by atoms with Gasteiger partial charge in [0.25, 0.3) is 0 Å². The molecule has 0 saturated carbocycles. The second-order valence-electron chi connectivity index (χ2n) is 18.0. The van der Waals surface area contributed by atoms with E-state index in [1.54, 1.807) is 0 Å². The monoisotopic (exact) mass is 979 g/mol. The highest BCUT2D eigenvalue weighted by Gasteiger charge is 2.28. The number of carbonyl (C=O) groups excluding carboxylic acids is 3. The van der Waals surface area contributed by atoms with E-state index in [1.165, 1.54) is 57.8 Å². The first-order chi connectivity index (χ1) is 33.2. The van der Waals surface area contributed by atoms with Crippen LogP contribution in [0.2, 0.25) is 0 Å². The zero-order chi connectivity index (χ0) is 49.9. The zero-order valence-electron chi connectivity index (χ0n) is 43.3. The van der Waals surface area contributed by atoms with Gasteiger partial charge >= 0.3 is 25.7 Å². The number of allylic oxidation sites excluding steroid dienone is 10. The van der Waals surface area contributed by atoms with Crippen molar-refractivity contribution in [2.24, 2.45) is 0 Å². The standard InChI is InChI=1S/C56H99O11P/c1-4-7-10-13-16-19-22-24-25-26-27-29-31-33-36-39-42-45-54(58)63-49-53(67-56(60)47-44-41-38-35-32-28-23-20-17-14-11-8-5-2)51-65-68(61,62)64-50-52(48-57)66-55(59)46-43-40-37-34-30-21-18-15-12-9-6-3/h11,14-16,18-20,23-25,52-53,57H,4-10,12-13,17,21-22,26-51H2,1-3H3,(H,61,62)/b14-11-,18-15-,19-16-,23-20-,25-24-. The molecule has 0 aliphatic rings. The van der Waals surface area contributed by atoms with Gasteiger partial charge in [-0.25, -0.2) is 4.57 Å². The van der Waals surface area contributed by atoms with Crippen LogP contribution in [-0.4, -0.2) is 66.5 Å². The van der Waals surface area contributed by atoms with Crippen molar-refractivity contribution in [2.45, 2.75) is 251 Å². The van der Waals surface area contributed by atoms with Gasteiger partial charge in [-0.2, -0.15) is 0 Å². The second-order valence-corrected chi connectivity index (χ2v) is 19.5. The predicted molar refractivity (Wildman–Crippen MR) is 279 cm³/mol. The fraction of sp³-hybridized carbons (Fsp3) is 0.768. The summed E-state index contributed by atoms with van der Waals surface area (Å²) in [6.07, 6.45) is 53.3. The summed E-state index contributed by atoms with van der Waals surface area (Å²) >= 11 is 0. The van der Waals surface area contributed by atoms with Gasteiger partial charge in [0, 0.05) is 19.3 Å². The number of rotatable bonds is 50. The molecule has 394 valence electrons. The van der Waals surface area contributed by atoms with Crippen molar-refractivity contribution in [3.8, 4) is 0 Å². The highest BCUT2D eigenvalue weighted by molar-refractivity contribution is 7.47. The van der Waals surface area contributed by atoms with E-state index in [9.17, 15) is 28.9 Å². The Kier molecular flexibility index (Phi) is 48.5. The second kappa shape index (κ2) is 50.6. The van der Waals surface area contributed by atoms with Crippen molar-refractivity contribution in [3.05, 3.63) is 60.8 Å². The Hall–Kier alpha value is -2.82. The van der Waals surface area contributed by atoms with Crippen molar-refractivity contribution in [1.29, 1.82) is 0 Å². The van der Waals surface area contributed by atoms with E-state index < -0.39 is 57.8 Å². The molecule has 0 amide bonds. The number of aliphatic hydroxyl groups is 1. The van der Waals surface area contributed by atoms with Crippen LogP contribution in [0.4, 0.5) is 0 Å². The van der Waals surface area contributed by atoms with Gasteiger partial charge < -0.3 is 24.2 Å². The molecule has 0 aromatic rings. The Morgan fingerprint density at radius 3 is 1.21 bits per heavy atom. The number of aliphatic hydroxyl groups excluding tert-OH is 1. The summed E-state index contributed by atoms with van der Waals surface area (Å²) < 4.78 is 39.4. The topological polar surface area (TPSA) is 155 Å². The molecule has 0 radical (unpaired) electrons. The van der Waals surface area contributed by atoms with E-state index in [1.807, 2.05) is 0 Å². The number of carbonyl (C=O) groups is 3. The van der Waals surface area contributed by atoms with Crippen LogP contribution in [0.15, 0.2) is 60.8 Å². The average Bonchev–Trinajstić information content (AvgIpc) is 3.32. The van der Waals surface area contributed by atoms with E-state index in [0.29, 0.717) is 19.3 Å². The largest absolute Gasteiger partial charge is 0.472 e. The molecule has 0 aromatic carbocycles. The predicted octanol–water partition coefficient (Wildman–Crippen LogP) is 15.6. The maximum atomic E-state index is 12.9. The minimum absolute atomic E-state index is 0.148. The fourth-order valence-electron chi connectivity index (χ4n) is 7.17. The van der Waals surface area contributed by atoms with E-state index in [0.717, 1.165) is 122 Å². The summed E-state index contributed by atoms with van der Waals surface area (Å²) in [5, 5.41) is 9.77.